The van der Waals surface area contributed by atoms with E-state index in [-0.39, 0.29) is 0 Å². The van der Waals surface area contributed by atoms with E-state index in [9.17, 15) is 0 Å². The van der Waals surface area contributed by atoms with Crippen molar-refractivity contribution in [2.75, 3.05) is 25.4 Å². The molecule has 9 heavy (non-hydrogen) atoms. The van der Waals surface area contributed by atoms with Crippen molar-refractivity contribution in [1.82, 2.24) is 4.90 Å². The van der Waals surface area contributed by atoms with Crippen molar-refractivity contribution in [3.05, 3.63) is 0 Å². The Balaban J connectivity index is 2.05. The van der Waals surface area contributed by atoms with Gasteiger partial charge < -0.3 is 4.90 Å². The van der Waals surface area contributed by atoms with E-state index in [1.807, 2.05) is 6.34 Å². The standard InChI is InChI=1S/C6H12N2S/c9-5-1-3-8-4-2-7-6-8/h6,9H,1-5H2. The topological polar surface area (TPSA) is 15.6 Å². The molecule has 3 heteroatoms. The fourth-order valence-corrected chi connectivity index (χ4v) is 1.00. The maximum Gasteiger partial charge on any atom is 0.0851 e. The van der Waals surface area contributed by atoms with Crippen LogP contribution in [-0.4, -0.2) is 36.6 Å². The van der Waals surface area contributed by atoms with Crippen LogP contribution < -0.4 is 0 Å². The zero-order valence-electron chi connectivity index (χ0n) is 5.45. The van der Waals surface area contributed by atoms with Crippen LogP contribution in [0.25, 0.3) is 0 Å². The van der Waals surface area contributed by atoms with Crippen LogP contribution in [0.15, 0.2) is 4.99 Å². The molecule has 0 aromatic heterocycles. The summed E-state index contributed by atoms with van der Waals surface area (Å²) in [6.45, 7) is 3.20. The van der Waals surface area contributed by atoms with Crippen LogP contribution in [0, 0.1) is 0 Å². The van der Waals surface area contributed by atoms with Gasteiger partial charge in [-0.25, -0.2) is 0 Å². The quantitative estimate of drug-likeness (QED) is 0.575. The summed E-state index contributed by atoms with van der Waals surface area (Å²) in [6.07, 6.45) is 3.10. The van der Waals surface area contributed by atoms with Crippen LogP contribution in [0.5, 0.6) is 0 Å². The van der Waals surface area contributed by atoms with Crippen LogP contribution in [0.3, 0.4) is 0 Å². The number of rotatable bonds is 3. The number of nitrogens with zero attached hydrogens (tertiary/aromatic N) is 2. The number of thiol groups is 1. The summed E-state index contributed by atoms with van der Waals surface area (Å²) in [7, 11) is 0. The molecule has 1 aliphatic heterocycles. The fourth-order valence-electron chi connectivity index (χ4n) is 0.860. The lowest BCUT2D eigenvalue weighted by molar-refractivity contribution is 0.468. The Morgan fingerprint density at radius 3 is 3.11 bits per heavy atom. The highest BCUT2D eigenvalue weighted by Gasteiger charge is 2.02. The molecule has 2 nitrogen and oxygen atoms in total. The van der Waals surface area contributed by atoms with Crippen LogP contribution in [0.1, 0.15) is 6.42 Å². The van der Waals surface area contributed by atoms with Crippen molar-refractivity contribution in [3.8, 4) is 0 Å². The third kappa shape index (κ3) is 2.26. The van der Waals surface area contributed by atoms with E-state index >= 15 is 0 Å². The van der Waals surface area contributed by atoms with Crippen LogP contribution >= 0.6 is 12.6 Å². The Bertz CT molecular complexity index is 103. The molecule has 1 aliphatic rings. The highest BCUT2D eigenvalue weighted by atomic mass is 32.1. The molecule has 0 aliphatic carbocycles. The lowest BCUT2D eigenvalue weighted by Gasteiger charge is -2.11. The molecule has 0 aromatic rings. The summed E-state index contributed by atoms with van der Waals surface area (Å²) >= 11 is 4.12. The molecule has 0 aromatic carbocycles. The van der Waals surface area contributed by atoms with Gasteiger partial charge in [-0.05, 0) is 12.2 Å². The van der Waals surface area contributed by atoms with Crippen LogP contribution in [-0.2, 0) is 0 Å². The number of aliphatic imine (C=N–C) groups is 1. The first-order valence-electron chi connectivity index (χ1n) is 3.28. The van der Waals surface area contributed by atoms with Crippen molar-refractivity contribution >= 4 is 19.0 Å². The van der Waals surface area contributed by atoms with Gasteiger partial charge in [0.15, 0.2) is 0 Å². The van der Waals surface area contributed by atoms with Crippen LogP contribution in [0.2, 0.25) is 0 Å². The van der Waals surface area contributed by atoms with Crippen LogP contribution in [0.4, 0.5) is 0 Å². The average Bonchev–Trinajstić information content (AvgIpc) is 2.34. The predicted molar refractivity (Wildman–Crippen MR) is 43.4 cm³/mol. The Hall–Kier alpha value is -0.180. The monoisotopic (exact) mass is 144 g/mol. The first kappa shape index (κ1) is 6.93. The largest absolute Gasteiger partial charge is 0.361 e. The molecule has 0 spiro atoms. The Morgan fingerprint density at radius 1 is 1.67 bits per heavy atom. The van der Waals surface area contributed by atoms with Gasteiger partial charge in [0, 0.05) is 13.1 Å². The van der Waals surface area contributed by atoms with Crippen molar-refractivity contribution in [3.63, 3.8) is 0 Å². The summed E-state index contributed by atoms with van der Waals surface area (Å²) < 4.78 is 0. The number of hydrogen-bond donors (Lipinski definition) is 1. The van der Waals surface area contributed by atoms with Gasteiger partial charge in [-0.2, -0.15) is 12.6 Å². The van der Waals surface area contributed by atoms with Crippen molar-refractivity contribution in [1.29, 1.82) is 0 Å². The zero-order valence-corrected chi connectivity index (χ0v) is 6.35. The highest BCUT2D eigenvalue weighted by molar-refractivity contribution is 7.80. The third-order valence-corrected chi connectivity index (χ3v) is 1.68. The van der Waals surface area contributed by atoms with Crippen molar-refractivity contribution < 1.29 is 0 Å². The molecule has 1 rings (SSSR count). The molecule has 1 heterocycles. The molecule has 0 radical (unpaired) electrons. The predicted octanol–water partition coefficient (Wildman–Crippen LogP) is 0.650. The molecule has 0 bridgehead atoms. The minimum Gasteiger partial charge on any atom is -0.361 e. The van der Waals surface area contributed by atoms with Gasteiger partial charge in [0.2, 0.25) is 0 Å². The second-order valence-corrected chi connectivity index (χ2v) is 2.58. The van der Waals surface area contributed by atoms with E-state index < -0.39 is 0 Å². The summed E-state index contributed by atoms with van der Waals surface area (Å²) in [5.41, 5.74) is 0. The van der Waals surface area contributed by atoms with Gasteiger partial charge >= 0.3 is 0 Å². The van der Waals surface area contributed by atoms with E-state index in [0.29, 0.717) is 0 Å². The summed E-state index contributed by atoms with van der Waals surface area (Å²) in [4.78, 5) is 6.33. The normalized spacial score (nSPS) is 17.2. The second-order valence-electron chi connectivity index (χ2n) is 2.13. The Labute approximate surface area is 61.4 Å². The van der Waals surface area contributed by atoms with Gasteiger partial charge in [-0.1, -0.05) is 0 Å². The lowest BCUT2D eigenvalue weighted by Crippen LogP contribution is -2.20. The maximum absolute atomic E-state index is 4.12. The fraction of sp³-hybridized carbons (Fsp3) is 0.833. The summed E-state index contributed by atoms with van der Waals surface area (Å²) in [6, 6.07) is 0. The van der Waals surface area contributed by atoms with E-state index in [1.54, 1.807) is 0 Å². The molecule has 0 saturated heterocycles. The van der Waals surface area contributed by atoms with E-state index in [0.717, 1.165) is 31.8 Å². The van der Waals surface area contributed by atoms with E-state index in [2.05, 4.69) is 22.5 Å². The van der Waals surface area contributed by atoms with Crippen molar-refractivity contribution in [2.24, 2.45) is 4.99 Å². The molecule has 0 amide bonds. The SMILES string of the molecule is SCCCN1C=NCC1. The minimum atomic E-state index is 0.977. The molecule has 0 unspecified atom stereocenters. The molecule has 0 fully saturated rings. The summed E-state index contributed by atoms with van der Waals surface area (Å²) in [5, 5.41) is 0. The second kappa shape index (κ2) is 3.77. The summed E-state index contributed by atoms with van der Waals surface area (Å²) in [5.74, 6) is 0.977. The van der Waals surface area contributed by atoms with Gasteiger partial charge in [-0.15, -0.1) is 0 Å². The molecule has 0 N–H and O–H groups in total. The van der Waals surface area contributed by atoms with Gasteiger partial charge in [0.25, 0.3) is 0 Å². The zero-order chi connectivity index (χ0) is 6.53. The smallest absolute Gasteiger partial charge is 0.0851 e. The van der Waals surface area contributed by atoms with E-state index in [4.69, 9.17) is 0 Å². The number of hydrogen-bond acceptors (Lipinski definition) is 3. The average molecular weight is 144 g/mol. The first-order chi connectivity index (χ1) is 4.43. The Morgan fingerprint density at radius 2 is 2.56 bits per heavy atom. The van der Waals surface area contributed by atoms with Gasteiger partial charge in [0.1, 0.15) is 0 Å². The molecule has 0 saturated carbocycles. The van der Waals surface area contributed by atoms with Crippen molar-refractivity contribution in [2.45, 2.75) is 6.42 Å². The van der Waals surface area contributed by atoms with Gasteiger partial charge in [-0.3, -0.25) is 4.99 Å². The Kier molecular flexibility index (Phi) is 2.91. The minimum absolute atomic E-state index is 0.977. The van der Waals surface area contributed by atoms with E-state index in [1.165, 1.54) is 0 Å². The lowest BCUT2D eigenvalue weighted by atomic mass is 10.4. The maximum atomic E-state index is 4.12. The molecule has 52 valence electrons. The molecular formula is C6H12N2S. The highest BCUT2D eigenvalue weighted by Crippen LogP contribution is 1.95. The first-order valence-corrected chi connectivity index (χ1v) is 3.91. The molecule has 0 atom stereocenters. The molecular weight excluding hydrogens is 132 g/mol. The third-order valence-electron chi connectivity index (χ3n) is 1.36. The van der Waals surface area contributed by atoms with Gasteiger partial charge in [0.05, 0.1) is 12.9 Å².